The van der Waals surface area contributed by atoms with Crippen LogP contribution in [0.4, 0.5) is 5.69 Å². The average molecular weight is 268 g/mol. The standard InChI is InChI=1S/C16H16N2O2/c17-12-9-11-5-1-3-7-14(11)18(10-12)16(20)13-6-2-4-8-15(13)19/h1-8,12,19H,9-10,17H2. The highest BCUT2D eigenvalue weighted by Crippen LogP contribution is 2.29. The Hall–Kier alpha value is -2.33. The second-order valence-corrected chi connectivity index (χ2v) is 5.03. The number of rotatable bonds is 1. The van der Waals surface area contributed by atoms with Gasteiger partial charge in [-0.3, -0.25) is 4.79 Å². The summed E-state index contributed by atoms with van der Waals surface area (Å²) in [7, 11) is 0. The Balaban J connectivity index is 2.02. The van der Waals surface area contributed by atoms with E-state index in [0.717, 1.165) is 17.7 Å². The van der Waals surface area contributed by atoms with Gasteiger partial charge in [0.25, 0.3) is 5.91 Å². The summed E-state index contributed by atoms with van der Waals surface area (Å²) in [5.41, 5.74) is 8.28. The largest absolute Gasteiger partial charge is 0.507 e. The fourth-order valence-corrected chi connectivity index (χ4v) is 2.62. The summed E-state index contributed by atoms with van der Waals surface area (Å²) in [6, 6.07) is 14.2. The lowest BCUT2D eigenvalue weighted by atomic mass is 9.97. The van der Waals surface area contributed by atoms with Gasteiger partial charge in [0.05, 0.1) is 5.56 Å². The summed E-state index contributed by atoms with van der Waals surface area (Å²) < 4.78 is 0. The van der Waals surface area contributed by atoms with Gasteiger partial charge in [0.1, 0.15) is 5.75 Å². The van der Waals surface area contributed by atoms with Gasteiger partial charge >= 0.3 is 0 Å². The van der Waals surface area contributed by atoms with E-state index in [-0.39, 0.29) is 17.7 Å². The first-order valence-corrected chi connectivity index (χ1v) is 6.60. The van der Waals surface area contributed by atoms with E-state index >= 15 is 0 Å². The molecule has 1 unspecified atom stereocenters. The zero-order chi connectivity index (χ0) is 14.1. The fraction of sp³-hybridized carbons (Fsp3) is 0.188. The molecule has 20 heavy (non-hydrogen) atoms. The molecule has 4 nitrogen and oxygen atoms in total. The van der Waals surface area contributed by atoms with Crippen molar-refractivity contribution in [1.82, 2.24) is 0 Å². The number of nitrogens with zero attached hydrogens (tertiary/aromatic N) is 1. The van der Waals surface area contributed by atoms with Gasteiger partial charge in [-0.15, -0.1) is 0 Å². The van der Waals surface area contributed by atoms with Crippen molar-refractivity contribution in [2.24, 2.45) is 5.73 Å². The highest BCUT2D eigenvalue weighted by atomic mass is 16.3. The topological polar surface area (TPSA) is 66.6 Å². The number of hydrogen-bond donors (Lipinski definition) is 2. The quantitative estimate of drug-likeness (QED) is 0.830. The smallest absolute Gasteiger partial charge is 0.262 e. The summed E-state index contributed by atoms with van der Waals surface area (Å²) >= 11 is 0. The Labute approximate surface area is 117 Å². The number of phenolic OH excluding ortho intramolecular Hbond substituents is 1. The number of amides is 1. The molecule has 0 radical (unpaired) electrons. The Kier molecular flexibility index (Phi) is 3.16. The molecule has 0 aliphatic carbocycles. The molecule has 0 fully saturated rings. The highest BCUT2D eigenvalue weighted by molar-refractivity contribution is 6.08. The minimum atomic E-state index is -0.217. The van der Waals surface area contributed by atoms with E-state index in [4.69, 9.17) is 5.73 Å². The van der Waals surface area contributed by atoms with Crippen LogP contribution in [0.25, 0.3) is 0 Å². The van der Waals surface area contributed by atoms with Crippen molar-refractivity contribution in [3.63, 3.8) is 0 Å². The van der Waals surface area contributed by atoms with Gasteiger partial charge < -0.3 is 15.7 Å². The van der Waals surface area contributed by atoms with Gasteiger partial charge in [-0.2, -0.15) is 0 Å². The second-order valence-electron chi connectivity index (χ2n) is 5.03. The highest BCUT2D eigenvalue weighted by Gasteiger charge is 2.28. The number of aromatic hydroxyl groups is 1. The molecule has 1 aliphatic heterocycles. The Morgan fingerprint density at radius 1 is 1.15 bits per heavy atom. The van der Waals surface area contributed by atoms with Crippen molar-refractivity contribution in [1.29, 1.82) is 0 Å². The first-order valence-electron chi connectivity index (χ1n) is 6.60. The lowest BCUT2D eigenvalue weighted by Crippen LogP contribution is -2.46. The van der Waals surface area contributed by atoms with Gasteiger partial charge in [0.15, 0.2) is 0 Å². The molecule has 3 rings (SSSR count). The number of fused-ring (bicyclic) bond motifs is 1. The number of carbonyl (C=O) groups is 1. The maximum Gasteiger partial charge on any atom is 0.262 e. The van der Waals surface area contributed by atoms with Crippen LogP contribution in [0, 0.1) is 0 Å². The van der Waals surface area contributed by atoms with E-state index in [1.54, 1.807) is 23.1 Å². The Morgan fingerprint density at radius 3 is 2.65 bits per heavy atom. The molecule has 102 valence electrons. The Morgan fingerprint density at radius 2 is 1.85 bits per heavy atom. The summed E-state index contributed by atoms with van der Waals surface area (Å²) in [5.74, 6) is -0.222. The molecule has 0 saturated heterocycles. The fourth-order valence-electron chi connectivity index (χ4n) is 2.62. The van der Waals surface area contributed by atoms with Crippen molar-refractivity contribution < 1.29 is 9.90 Å². The number of anilines is 1. The molecular formula is C16H16N2O2. The number of nitrogens with two attached hydrogens (primary N) is 1. The first-order chi connectivity index (χ1) is 9.66. The van der Waals surface area contributed by atoms with E-state index in [1.807, 2.05) is 24.3 Å². The van der Waals surface area contributed by atoms with Crippen molar-refractivity contribution in [3.05, 3.63) is 59.7 Å². The van der Waals surface area contributed by atoms with E-state index < -0.39 is 0 Å². The molecule has 1 amide bonds. The van der Waals surface area contributed by atoms with Crippen LogP contribution in [0.2, 0.25) is 0 Å². The minimum absolute atomic E-state index is 0.00544. The van der Waals surface area contributed by atoms with Crippen LogP contribution in [0.5, 0.6) is 5.75 Å². The lowest BCUT2D eigenvalue weighted by molar-refractivity contribution is 0.0981. The molecule has 1 atom stereocenters. The van der Waals surface area contributed by atoms with E-state index in [2.05, 4.69) is 0 Å². The third kappa shape index (κ3) is 2.14. The van der Waals surface area contributed by atoms with Crippen LogP contribution < -0.4 is 10.6 Å². The summed E-state index contributed by atoms with van der Waals surface area (Å²) in [6.07, 6.45) is 0.765. The van der Waals surface area contributed by atoms with Crippen molar-refractivity contribution in [2.45, 2.75) is 12.5 Å². The third-order valence-corrected chi connectivity index (χ3v) is 3.56. The maximum absolute atomic E-state index is 12.6. The third-order valence-electron chi connectivity index (χ3n) is 3.56. The van der Waals surface area contributed by atoms with Crippen LogP contribution >= 0.6 is 0 Å². The first kappa shape index (κ1) is 12.7. The molecule has 3 N–H and O–H groups in total. The average Bonchev–Trinajstić information content (AvgIpc) is 2.46. The van der Waals surface area contributed by atoms with Gasteiger partial charge in [0, 0.05) is 18.3 Å². The summed E-state index contributed by atoms with van der Waals surface area (Å²) in [4.78, 5) is 14.3. The number of phenols is 1. The van der Waals surface area contributed by atoms with E-state index in [0.29, 0.717) is 12.1 Å². The van der Waals surface area contributed by atoms with Crippen molar-refractivity contribution in [2.75, 3.05) is 11.4 Å². The van der Waals surface area contributed by atoms with Crippen LogP contribution in [0.1, 0.15) is 15.9 Å². The number of carbonyl (C=O) groups excluding carboxylic acids is 1. The molecule has 2 aromatic rings. The Bertz CT molecular complexity index is 654. The van der Waals surface area contributed by atoms with Gasteiger partial charge in [-0.25, -0.2) is 0 Å². The van der Waals surface area contributed by atoms with Crippen molar-refractivity contribution in [3.8, 4) is 5.75 Å². The normalized spacial score (nSPS) is 17.6. The predicted octanol–water partition coefficient (Wildman–Crippen LogP) is 1.92. The summed E-state index contributed by atoms with van der Waals surface area (Å²) in [6.45, 7) is 0.462. The van der Waals surface area contributed by atoms with Gasteiger partial charge in [-0.1, -0.05) is 30.3 Å². The van der Waals surface area contributed by atoms with Gasteiger partial charge in [-0.05, 0) is 30.2 Å². The molecule has 0 bridgehead atoms. The monoisotopic (exact) mass is 268 g/mol. The number of hydrogen-bond acceptors (Lipinski definition) is 3. The summed E-state index contributed by atoms with van der Waals surface area (Å²) in [5, 5.41) is 9.85. The molecule has 1 heterocycles. The van der Waals surface area contributed by atoms with Crippen LogP contribution in [-0.2, 0) is 6.42 Å². The van der Waals surface area contributed by atoms with Crippen LogP contribution in [0.15, 0.2) is 48.5 Å². The molecule has 2 aromatic carbocycles. The minimum Gasteiger partial charge on any atom is -0.507 e. The molecule has 1 aliphatic rings. The number of para-hydroxylation sites is 2. The molecule has 4 heteroatoms. The van der Waals surface area contributed by atoms with Gasteiger partial charge in [0.2, 0.25) is 0 Å². The van der Waals surface area contributed by atoms with E-state index in [9.17, 15) is 9.90 Å². The molecule has 0 aromatic heterocycles. The van der Waals surface area contributed by atoms with Crippen LogP contribution in [-0.4, -0.2) is 23.6 Å². The maximum atomic E-state index is 12.6. The predicted molar refractivity (Wildman–Crippen MR) is 77.9 cm³/mol. The van der Waals surface area contributed by atoms with E-state index in [1.165, 1.54) is 6.07 Å². The molecule has 0 spiro atoms. The number of benzene rings is 2. The SMILES string of the molecule is NC1Cc2ccccc2N(C(=O)c2ccccc2O)C1. The van der Waals surface area contributed by atoms with Crippen molar-refractivity contribution >= 4 is 11.6 Å². The lowest BCUT2D eigenvalue weighted by Gasteiger charge is -2.33. The molecule has 0 saturated carbocycles. The second kappa shape index (κ2) is 4.98. The molecular weight excluding hydrogens is 252 g/mol. The van der Waals surface area contributed by atoms with Crippen LogP contribution in [0.3, 0.4) is 0 Å². The zero-order valence-corrected chi connectivity index (χ0v) is 11.0. The zero-order valence-electron chi connectivity index (χ0n) is 11.0.